The maximum atomic E-state index is 2.25. The van der Waals surface area contributed by atoms with Crippen LogP contribution in [0, 0.1) is 0 Å². The smallest absolute Gasteiger partial charge is 0.00943 e. The molecule has 0 bridgehead atoms. The summed E-state index contributed by atoms with van der Waals surface area (Å²) < 4.78 is 0. The van der Waals surface area contributed by atoms with Crippen molar-refractivity contribution in [3.05, 3.63) is 72.4 Å². The molecule has 0 aliphatic carbocycles. The van der Waals surface area contributed by atoms with E-state index in [-0.39, 0.29) is 0 Å². The van der Waals surface area contributed by atoms with Gasteiger partial charge in [-0.15, -0.1) is 0 Å². The minimum Gasteiger partial charge on any atom is -0.0888 e. The lowest BCUT2D eigenvalue weighted by Crippen LogP contribution is -1.77. The van der Waals surface area contributed by atoms with Crippen LogP contribution in [0.25, 0.3) is 0 Å². The van der Waals surface area contributed by atoms with Crippen LogP contribution in [0.2, 0.25) is 0 Å². The largest absolute Gasteiger partial charge is 0.0888 e. The Bertz CT molecular complexity index is 355. The molecule has 1 aromatic rings. The Morgan fingerprint density at radius 3 is 2.29 bits per heavy atom. The Hall–Kier alpha value is -1.56. The Kier molecular flexibility index (Phi) is 7.67. The highest BCUT2D eigenvalue weighted by molar-refractivity contribution is 5.18. The second-order valence-electron chi connectivity index (χ2n) is 4.00. The van der Waals surface area contributed by atoms with E-state index < -0.39 is 0 Å². The summed E-state index contributed by atoms with van der Waals surface area (Å²) in [5.41, 5.74) is 1.36. The van der Waals surface area contributed by atoms with Gasteiger partial charge in [0.1, 0.15) is 0 Å². The van der Waals surface area contributed by atoms with Gasteiger partial charge in [0.25, 0.3) is 0 Å². The monoisotopic (exact) mass is 226 g/mol. The summed E-state index contributed by atoms with van der Waals surface area (Å²) in [6.07, 6.45) is 17.6. The van der Waals surface area contributed by atoms with E-state index in [1.165, 1.54) is 5.56 Å². The van der Waals surface area contributed by atoms with Crippen LogP contribution in [0.15, 0.2) is 66.8 Å². The molecule has 0 saturated heterocycles. The fourth-order valence-electron chi connectivity index (χ4n) is 1.55. The van der Waals surface area contributed by atoms with Crippen LogP contribution in [0.1, 0.15) is 31.7 Å². The van der Waals surface area contributed by atoms with Gasteiger partial charge in [0.15, 0.2) is 0 Å². The molecule has 0 fully saturated rings. The van der Waals surface area contributed by atoms with E-state index in [2.05, 4.69) is 73.7 Å². The lowest BCUT2D eigenvalue weighted by Gasteiger charge is -1.92. The van der Waals surface area contributed by atoms with Crippen molar-refractivity contribution < 1.29 is 0 Å². The summed E-state index contributed by atoms with van der Waals surface area (Å²) in [6.45, 7) is 2.17. The van der Waals surface area contributed by atoms with Gasteiger partial charge in [-0.2, -0.15) is 0 Å². The van der Waals surface area contributed by atoms with Gasteiger partial charge in [-0.3, -0.25) is 0 Å². The minimum atomic E-state index is 1.01. The van der Waals surface area contributed by atoms with E-state index >= 15 is 0 Å². The van der Waals surface area contributed by atoms with Crippen molar-refractivity contribution >= 4 is 0 Å². The van der Waals surface area contributed by atoms with E-state index in [1.54, 1.807) is 0 Å². The van der Waals surface area contributed by atoms with Gasteiger partial charge >= 0.3 is 0 Å². The first-order valence-corrected chi connectivity index (χ1v) is 6.44. The van der Waals surface area contributed by atoms with Crippen molar-refractivity contribution in [2.75, 3.05) is 0 Å². The molecule has 0 heteroatoms. The van der Waals surface area contributed by atoms with Crippen LogP contribution in [-0.2, 0) is 6.42 Å². The SMILES string of the molecule is CC/C=C\CC/C=C/C=CCc1ccccc1. The predicted molar refractivity (Wildman–Crippen MR) is 77.1 cm³/mol. The van der Waals surface area contributed by atoms with Crippen LogP contribution < -0.4 is 0 Å². The maximum absolute atomic E-state index is 2.25. The average Bonchev–Trinajstić information content (AvgIpc) is 2.38. The van der Waals surface area contributed by atoms with Crippen molar-refractivity contribution in [3.8, 4) is 0 Å². The number of rotatable bonds is 7. The van der Waals surface area contributed by atoms with E-state index in [0.29, 0.717) is 0 Å². The van der Waals surface area contributed by atoms with Crippen LogP contribution in [0.5, 0.6) is 0 Å². The molecule has 0 aliphatic heterocycles. The first-order chi connectivity index (χ1) is 8.43. The number of hydrogen-bond acceptors (Lipinski definition) is 0. The molecule has 0 saturated carbocycles. The highest BCUT2D eigenvalue weighted by Gasteiger charge is 1.84. The van der Waals surface area contributed by atoms with Crippen molar-refractivity contribution in [2.24, 2.45) is 0 Å². The van der Waals surface area contributed by atoms with Crippen LogP contribution >= 0.6 is 0 Å². The molecule has 0 atom stereocenters. The highest BCUT2D eigenvalue weighted by Crippen LogP contribution is 2.00. The molecule has 1 rings (SSSR count). The molecule has 0 amide bonds. The summed E-state index contributed by atoms with van der Waals surface area (Å²) in [7, 11) is 0. The maximum Gasteiger partial charge on any atom is -0.00943 e. The summed E-state index contributed by atoms with van der Waals surface area (Å²) in [5, 5.41) is 0. The van der Waals surface area contributed by atoms with Crippen molar-refractivity contribution in [1.82, 2.24) is 0 Å². The number of hydrogen-bond donors (Lipinski definition) is 0. The van der Waals surface area contributed by atoms with Crippen molar-refractivity contribution in [2.45, 2.75) is 32.6 Å². The molecule has 90 valence electrons. The lowest BCUT2D eigenvalue weighted by molar-refractivity contribution is 1.04. The van der Waals surface area contributed by atoms with Gasteiger partial charge in [0.05, 0.1) is 0 Å². The number of benzene rings is 1. The molecule has 0 spiro atoms. The van der Waals surface area contributed by atoms with Gasteiger partial charge in [0, 0.05) is 0 Å². The normalized spacial score (nSPS) is 12.1. The van der Waals surface area contributed by atoms with E-state index in [0.717, 1.165) is 25.7 Å². The second-order valence-corrected chi connectivity index (χ2v) is 4.00. The van der Waals surface area contributed by atoms with Gasteiger partial charge in [0.2, 0.25) is 0 Å². The van der Waals surface area contributed by atoms with E-state index in [1.807, 2.05) is 0 Å². The van der Waals surface area contributed by atoms with E-state index in [4.69, 9.17) is 0 Å². The summed E-state index contributed by atoms with van der Waals surface area (Å²) in [5.74, 6) is 0. The van der Waals surface area contributed by atoms with E-state index in [9.17, 15) is 0 Å². The lowest BCUT2D eigenvalue weighted by atomic mass is 10.1. The van der Waals surface area contributed by atoms with Crippen LogP contribution in [-0.4, -0.2) is 0 Å². The predicted octanol–water partition coefficient (Wildman–Crippen LogP) is 5.09. The fraction of sp³-hybridized carbons (Fsp3) is 0.294. The third-order valence-electron chi connectivity index (χ3n) is 2.48. The summed E-state index contributed by atoms with van der Waals surface area (Å²) in [6, 6.07) is 10.5. The fourth-order valence-corrected chi connectivity index (χ4v) is 1.55. The Morgan fingerprint density at radius 2 is 1.53 bits per heavy atom. The minimum absolute atomic E-state index is 1.01. The summed E-state index contributed by atoms with van der Waals surface area (Å²) >= 11 is 0. The van der Waals surface area contributed by atoms with Gasteiger partial charge in [-0.05, 0) is 31.2 Å². The van der Waals surface area contributed by atoms with Gasteiger partial charge < -0.3 is 0 Å². The topological polar surface area (TPSA) is 0 Å². The van der Waals surface area contributed by atoms with Crippen molar-refractivity contribution in [3.63, 3.8) is 0 Å². The summed E-state index contributed by atoms with van der Waals surface area (Å²) in [4.78, 5) is 0. The first-order valence-electron chi connectivity index (χ1n) is 6.44. The molecule has 1 aromatic carbocycles. The van der Waals surface area contributed by atoms with Crippen molar-refractivity contribution in [1.29, 1.82) is 0 Å². The third kappa shape index (κ3) is 7.35. The molecule has 0 aromatic heterocycles. The zero-order valence-electron chi connectivity index (χ0n) is 10.7. The Balaban J connectivity index is 2.13. The zero-order valence-corrected chi connectivity index (χ0v) is 10.7. The molecule has 0 nitrogen and oxygen atoms in total. The molecule has 0 heterocycles. The Labute approximate surface area is 105 Å². The number of allylic oxidation sites excluding steroid dienone is 6. The first kappa shape index (κ1) is 13.5. The molecule has 0 aliphatic rings. The van der Waals surface area contributed by atoms with Gasteiger partial charge in [-0.1, -0.05) is 73.7 Å². The molecular weight excluding hydrogens is 204 g/mol. The molecule has 0 radical (unpaired) electrons. The highest BCUT2D eigenvalue weighted by atomic mass is 13.9. The molecule has 0 unspecified atom stereocenters. The molecule has 17 heavy (non-hydrogen) atoms. The molecule has 0 N–H and O–H groups in total. The molecular formula is C17H22. The zero-order chi connectivity index (χ0) is 12.2. The standard InChI is InChI=1S/C17H22/c1-2-3-4-5-6-7-8-9-11-14-17-15-12-10-13-16-17/h3-4,7-13,15-16H,2,5-6,14H2,1H3/b4-3-,8-7+,11-9?. The second kappa shape index (κ2) is 9.65. The third-order valence-corrected chi connectivity index (χ3v) is 2.48. The number of unbranched alkanes of at least 4 members (excludes halogenated alkanes) is 1. The Morgan fingerprint density at radius 1 is 0.824 bits per heavy atom. The van der Waals surface area contributed by atoms with Gasteiger partial charge in [-0.25, -0.2) is 0 Å². The average molecular weight is 226 g/mol. The quantitative estimate of drug-likeness (QED) is 0.345. The van der Waals surface area contributed by atoms with Crippen LogP contribution in [0.3, 0.4) is 0 Å². The van der Waals surface area contributed by atoms with Crippen LogP contribution in [0.4, 0.5) is 0 Å².